The van der Waals surface area contributed by atoms with Crippen molar-refractivity contribution in [1.82, 2.24) is 4.90 Å². The van der Waals surface area contributed by atoms with Crippen LogP contribution in [0.4, 0.5) is 0 Å². The molecule has 94 valence electrons. The predicted molar refractivity (Wildman–Crippen MR) is 69.4 cm³/mol. The van der Waals surface area contributed by atoms with Crippen LogP contribution < -0.4 is 5.73 Å². The number of hydrogen-bond acceptors (Lipinski definition) is 2. The van der Waals surface area contributed by atoms with Crippen LogP contribution in [-0.2, 0) is 0 Å². The van der Waals surface area contributed by atoms with Crippen LogP contribution in [0.25, 0.3) is 0 Å². The van der Waals surface area contributed by atoms with E-state index < -0.39 is 0 Å². The third-order valence-electron chi connectivity index (χ3n) is 4.73. The maximum absolute atomic E-state index is 5.92. The van der Waals surface area contributed by atoms with Gasteiger partial charge in [0.1, 0.15) is 0 Å². The summed E-state index contributed by atoms with van der Waals surface area (Å²) in [5.74, 6) is 2.04. The zero-order valence-corrected chi connectivity index (χ0v) is 10.8. The summed E-state index contributed by atoms with van der Waals surface area (Å²) in [6.45, 7) is 5.77. The van der Waals surface area contributed by atoms with Gasteiger partial charge in [-0.15, -0.1) is 0 Å². The Hall–Kier alpha value is -0.0800. The zero-order valence-electron chi connectivity index (χ0n) is 10.8. The van der Waals surface area contributed by atoms with E-state index in [0.717, 1.165) is 18.4 Å². The molecule has 2 nitrogen and oxygen atoms in total. The number of likely N-dealkylation sites (tertiary alicyclic amines) is 1. The van der Waals surface area contributed by atoms with Crippen LogP contribution >= 0.6 is 0 Å². The Morgan fingerprint density at radius 2 is 1.94 bits per heavy atom. The van der Waals surface area contributed by atoms with Crippen LogP contribution in [0.5, 0.6) is 0 Å². The fourth-order valence-corrected chi connectivity index (χ4v) is 3.74. The van der Waals surface area contributed by atoms with Gasteiger partial charge in [-0.05, 0) is 37.6 Å². The van der Waals surface area contributed by atoms with Crippen molar-refractivity contribution in [2.75, 3.05) is 19.6 Å². The summed E-state index contributed by atoms with van der Waals surface area (Å²) >= 11 is 0. The van der Waals surface area contributed by atoms with Crippen molar-refractivity contribution in [3.05, 3.63) is 0 Å². The van der Waals surface area contributed by atoms with Gasteiger partial charge in [-0.2, -0.15) is 0 Å². The summed E-state index contributed by atoms with van der Waals surface area (Å²) in [5.41, 5.74) is 5.92. The molecule has 2 fully saturated rings. The number of fused-ring (bicyclic) bond motifs is 1. The molecule has 1 saturated heterocycles. The highest BCUT2D eigenvalue weighted by molar-refractivity contribution is 4.86. The molecule has 2 N–H and O–H groups in total. The lowest BCUT2D eigenvalue weighted by atomic mass is 9.75. The highest BCUT2D eigenvalue weighted by Gasteiger charge is 2.32. The molecule has 2 heteroatoms. The number of nitrogens with two attached hydrogens (primary N) is 1. The van der Waals surface area contributed by atoms with Crippen molar-refractivity contribution in [3.63, 3.8) is 0 Å². The summed E-state index contributed by atoms with van der Waals surface area (Å²) in [4.78, 5) is 2.69. The van der Waals surface area contributed by atoms with E-state index in [9.17, 15) is 0 Å². The quantitative estimate of drug-likeness (QED) is 0.795. The van der Waals surface area contributed by atoms with Crippen molar-refractivity contribution in [2.24, 2.45) is 17.6 Å². The fourth-order valence-electron chi connectivity index (χ4n) is 3.74. The van der Waals surface area contributed by atoms with Crippen molar-refractivity contribution < 1.29 is 0 Å². The molecule has 0 bridgehead atoms. The van der Waals surface area contributed by atoms with Gasteiger partial charge in [0.25, 0.3) is 0 Å². The second-order valence-electron chi connectivity index (χ2n) is 5.77. The highest BCUT2D eigenvalue weighted by Crippen LogP contribution is 2.36. The number of nitrogens with zero attached hydrogens (tertiary/aromatic N) is 1. The van der Waals surface area contributed by atoms with Crippen LogP contribution in [0.2, 0.25) is 0 Å². The van der Waals surface area contributed by atoms with E-state index in [1.54, 1.807) is 0 Å². The minimum atomic E-state index is 0.660. The summed E-state index contributed by atoms with van der Waals surface area (Å²) in [6, 6.07) is 0.660. The Morgan fingerprint density at radius 3 is 2.62 bits per heavy atom. The maximum atomic E-state index is 5.92. The average molecular weight is 224 g/mol. The van der Waals surface area contributed by atoms with E-state index in [0.29, 0.717) is 6.04 Å². The molecule has 1 saturated carbocycles. The van der Waals surface area contributed by atoms with Crippen LogP contribution in [0.1, 0.15) is 51.9 Å². The van der Waals surface area contributed by atoms with Crippen LogP contribution in [-0.4, -0.2) is 30.6 Å². The maximum Gasteiger partial charge on any atom is 0.0218 e. The Balaban J connectivity index is 1.88. The van der Waals surface area contributed by atoms with E-state index in [1.165, 1.54) is 58.0 Å². The predicted octanol–water partition coefficient (Wildman–Crippen LogP) is 2.63. The molecule has 2 rings (SSSR count). The van der Waals surface area contributed by atoms with E-state index in [4.69, 9.17) is 5.73 Å². The largest absolute Gasteiger partial charge is 0.329 e. The molecule has 0 spiro atoms. The van der Waals surface area contributed by atoms with Gasteiger partial charge in [0.15, 0.2) is 0 Å². The molecule has 0 aromatic carbocycles. The minimum Gasteiger partial charge on any atom is -0.329 e. The van der Waals surface area contributed by atoms with E-state index in [2.05, 4.69) is 11.8 Å². The molecule has 0 aromatic heterocycles. The van der Waals surface area contributed by atoms with E-state index in [-0.39, 0.29) is 0 Å². The first-order valence-corrected chi connectivity index (χ1v) is 7.29. The number of hydrogen-bond donors (Lipinski definition) is 1. The fraction of sp³-hybridized carbons (Fsp3) is 1.00. The summed E-state index contributed by atoms with van der Waals surface area (Å²) in [7, 11) is 0. The van der Waals surface area contributed by atoms with Crippen molar-refractivity contribution >= 4 is 0 Å². The first-order valence-electron chi connectivity index (χ1n) is 7.29. The monoisotopic (exact) mass is 224 g/mol. The number of rotatable bonds is 4. The molecule has 1 aliphatic carbocycles. The van der Waals surface area contributed by atoms with Gasteiger partial charge in [-0.3, -0.25) is 4.90 Å². The molecule has 1 heterocycles. The summed E-state index contributed by atoms with van der Waals surface area (Å²) in [6.07, 6.45) is 9.92. The zero-order chi connectivity index (χ0) is 11.4. The van der Waals surface area contributed by atoms with Crippen LogP contribution in [0, 0.1) is 11.8 Å². The molecule has 0 amide bonds. The van der Waals surface area contributed by atoms with Gasteiger partial charge in [0.05, 0.1) is 0 Å². The molecular formula is C14H28N2. The topological polar surface area (TPSA) is 29.3 Å². The second-order valence-corrected chi connectivity index (χ2v) is 5.77. The molecule has 1 aliphatic heterocycles. The van der Waals surface area contributed by atoms with Gasteiger partial charge < -0.3 is 5.73 Å². The molecule has 3 atom stereocenters. The lowest BCUT2D eigenvalue weighted by Crippen LogP contribution is -2.49. The molecule has 0 aromatic rings. The Kier molecular flexibility index (Phi) is 4.66. The van der Waals surface area contributed by atoms with Crippen molar-refractivity contribution in [2.45, 2.75) is 57.9 Å². The summed E-state index contributed by atoms with van der Waals surface area (Å²) < 4.78 is 0. The normalized spacial score (nSPS) is 33.4. The molecule has 3 unspecified atom stereocenters. The average Bonchev–Trinajstić information content (AvgIpc) is 2.35. The first kappa shape index (κ1) is 12.4. The van der Waals surface area contributed by atoms with Gasteiger partial charge in [-0.1, -0.05) is 32.6 Å². The molecular weight excluding hydrogens is 196 g/mol. The van der Waals surface area contributed by atoms with E-state index in [1.807, 2.05) is 0 Å². The van der Waals surface area contributed by atoms with Gasteiger partial charge in [0, 0.05) is 19.1 Å². The molecule has 0 radical (unpaired) electrons. The van der Waals surface area contributed by atoms with Crippen molar-refractivity contribution in [3.8, 4) is 0 Å². The lowest BCUT2D eigenvalue weighted by Gasteiger charge is -2.44. The third kappa shape index (κ3) is 2.78. The van der Waals surface area contributed by atoms with Crippen LogP contribution in [0.3, 0.4) is 0 Å². The Labute approximate surface area is 101 Å². The molecule has 2 aliphatic rings. The SMILES string of the molecule is CCCC(CN)N1CCC2CCCCC2C1. The number of piperidine rings is 1. The Morgan fingerprint density at radius 1 is 1.19 bits per heavy atom. The van der Waals surface area contributed by atoms with Gasteiger partial charge in [-0.25, -0.2) is 0 Å². The Bertz CT molecular complexity index is 205. The van der Waals surface area contributed by atoms with Crippen molar-refractivity contribution in [1.29, 1.82) is 0 Å². The first-order chi connectivity index (χ1) is 7.85. The lowest BCUT2D eigenvalue weighted by molar-refractivity contribution is 0.0561. The smallest absolute Gasteiger partial charge is 0.0218 e. The second kappa shape index (κ2) is 6.02. The summed E-state index contributed by atoms with van der Waals surface area (Å²) in [5, 5.41) is 0. The van der Waals surface area contributed by atoms with Gasteiger partial charge in [0.2, 0.25) is 0 Å². The minimum absolute atomic E-state index is 0.660. The van der Waals surface area contributed by atoms with E-state index >= 15 is 0 Å². The van der Waals surface area contributed by atoms with Gasteiger partial charge >= 0.3 is 0 Å². The highest BCUT2D eigenvalue weighted by atomic mass is 15.2. The van der Waals surface area contributed by atoms with Crippen LogP contribution in [0.15, 0.2) is 0 Å². The standard InChI is InChI=1S/C14H28N2/c1-2-5-14(10-15)16-9-8-12-6-3-4-7-13(12)11-16/h12-14H,2-11,15H2,1H3. The molecule has 16 heavy (non-hydrogen) atoms. The third-order valence-corrected chi connectivity index (χ3v) is 4.73.